The molecule has 0 aliphatic carbocycles. The van der Waals surface area contributed by atoms with Crippen molar-refractivity contribution in [1.29, 1.82) is 0 Å². The first-order valence-electron chi connectivity index (χ1n) is 5.65. The van der Waals surface area contributed by atoms with Crippen LogP contribution in [-0.2, 0) is 0 Å². The molecule has 0 unspecified atom stereocenters. The van der Waals surface area contributed by atoms with Gasteiger partial charge in [0.1, 0.15) is 0 Å². The van der Waals surface area contributed by atoms with E-state index in [-0.39, 0.29) is 12.1 Å². The minimum Gasteiger partial charge on any atom is -0.393 e. The summed E-state index contributed by atoms with van der Waals surface area (Å²) in [5, 5.41) is 12.2. The minimum atomic E-state index is -0.253. The monoisotopic (exact) mass is 346 g/mol. The molecule has 1 aliphatic heterocycles. The summed E-state index contributed by atoms with van der Waals surface area (Å²) in [4.78, 5) is 13.7. The molecule has 0 radical (unpaired) electrons. The fourth-order valence-corrected chi connectivity index (χ4v) is 2.38. The second-order valence-corrected chi connectivity index (χ2v) is 5.40. The van der Waals surface area contributed by atoms with Crippen molar-refractivity contribution >= 4 is 34.3 Å². The van der Waals surface area contributed by atoms with Crippen LogP contribution in [-0.4, -0.2) is 35.2 Å². The van der Waals surface area contributed by atoms with E-state index in [4.69, 9.17) is 0 Å². The molecule has 2 N–H and O–H groups in total. The third-order valence-corrected chi connectivity index (χ3v) is 3.50. The van der Waals surface area contributed by atoms with E-state index in [1.54, 1.807) is 4.90 Å². The summed E-state index contributed by atoms with van der Waals surface area (Å²) in [5.41, 5.74) is 0.813. The predicted molar refractivity (Wildman–Crippen MR) is 75.0 cm³/mol. The Bertz CT molecular complexity index is 403. The number of aliphatic hydroxyl groups excluding tert-OH is 1. The van der Waals surface area contributed by atoms with Crippen molar-refractivity contribution in [3.63, 3.8) is 0 Å². The Morgan fingerprint density at radius 1 is 1.41 bits per heavy atom. The second kappa shape index (κ2) is 5.68. The van der Waals surface area contributed by atoms with E-state index in [9.17, 15) is 9.90 Å². The number of benzene rings is 1. The molecule has 0 spiro atoms. The van der Waals surface area contributed by atoms with E-state index in [0.717, 1.165) is 9.26 Å². The number of hydrogen-bond donors (Lipinski definition) is 2. The zero-order valence-electron chi connectivity index (χ0n) is 9.40. The van der Waals surface area contributed by atoms with Gasteiger partial charge in [0, 0.05) is 22.3 Å². The van der Waals surface area contributed by atoms with Crippen LogP contribution in [0, 0.1) is 3.57 Å². The number of amides is 2. The van der Waals surface area contributed by atoms with Gasteiger partial charge < -0.3 is 15.3 Å². The van der Waals surface area contributed by atoms with Gasteiger partial charge in [-0.15, -0.1) is 0 Å². The predicted octanol–water partition coefficient (Wildman–Crippen LogP) is 2.28. The Hall–Kier alpha value is -0.820. The van der Waals surface area contributed by atoms with Crippen molar-refractivity contribution < 1.29 is 9.90 Å². The number of aliphatic hydroxyl groups is 1. The first-order valence-corrected chi connectivity index (χ1v) is 6.72. The van der Waals surface area contributed by atoms with E-state index in [2.05, 4.69) is 27.9 Å². The fraction of sp³-hybridized carbons (Fsp3) is 0.417. The molecule has 1 aromatic carbocycles. The van der Waals surface area contributed by atoms with Crippen molar-refractivity contribution in [1.82, 2.24) is 4.90 Å². The number of carbonyl (C=O) groups is 1. The molecule has 1 heterocycles. The van der Waals surface area contributed by atoms with Crippen LogP contribution >= 0.6 is 22.6 Å². The van der Waals surface area contributed by atoms with Crippen molar-refractivity contribution in [3.8, 4) is 0 Å². The number of nitrogens with zero attached hydrogens (tertiary/aromatic N) is 1. The van der Waals surface area contributed by atoms with Crippen molar-refractivity contribution in [3.05, 3.63) is 27.8 Å². The highest BCUT2D eigenvalue weighted by molar-refractivity contribution is 14.1. The topological polar surface area (TPSA) is 52.6 Å². The highest BCUT2D eigenvalue weighted by Crippen LogP contribution is 2.15. The molecule has 0 bridgehead atoms. The zero-order valence-corrected chi connectivity index (χ0v) is 11.6. The molecular weight excluding hydrogens is 331 g/mol. The normalized spacial score (nSPS) is 16.9. The molecule has 92 valence electrons. The molecule has 5 heteroatoms. The molecule has 1 saturated heterocycles. The molecule has 1 aliphatic rings. The maximum atomic E-state index is 11.9. The summed E-state index contributed by atoms with van der Waals surface area (Å²) in [6.45, 7) is 1.24. The van der Waals surface area contributed by atoms with Gasteiger partial charge in [0.25, 0.3) is 0 Å². The number of urea groups is 1. The SMILES string of the molecule is O=C(Nc1cccc(I)c1)N1CCC(O)CC1. The molecule has 4 nitrogen and oxygen atoms in total. The van der Waals surface area contributed by atoms with Gasteiger partial charge in [0.2, 0.25) is 0 Å². The maximum Gasteiger partial charge on any atom is 0.321 e. The van der Waals surface area contributed by atoms with Crippen LogP contribution in [0.25, 0.3) is 0 Å². The summed E-state index contributed by atoms with van der Waals surface area (Å²) >= 11 is 2.21. The summed E-state index contributed by atoms with van der Waals surface area (Å²) in [7, 11) is 0. The molecule has 17 heavy (non-hydrogen) atoms. The van der Waals surface area contributed by atoms with Gasteiger partial charge in [-0.05, 0) is 53.6 Å². The molecule has 1 fully saturated rings. The maximum absolute atomic E-state index is 11.9. The third kappa shape index (κ3) is 3.57. The number of rotatable bonds is 1. The Kier molecular flexibility index (Phi) is 4.22. The molecular formula is C12H15IN2O2. The Balaban J connectivity index is 1.93. The number of piperidine rings is 1. The Labute approximate surface area is 114 Å². The van der Waals surface area contributed by atoms with Crippen LogP contribution in [0.3, 0.4) is 0 Å². The number of likely N-dealkylation sites (tertiary alicyclic amines) is 1. The Morgan fingerprint density at radius 2 is 2.12 bits per heavy atom. The number of nitrogens with one attached hydrogen (secondary N) is 1. The van der Waals surface area contributed by atoms with E-state index in [1.165, 1.54) is 0 Å². The fourth-order valence-electron chi connectivity index (χ4n) is 1.84. The van der Waals surface area contributed by atoms with Gasteiger partial charge in [-0.2, -0.15) is 0 Å². The average molecular weight is 346 g/mol. The van der Waals surface area contributed by atoms with Gasteiger partial charge in [-0.25, -0.2) is 4.79 Å². The quantitative estimate of drug-likeness (QED) is 0.767. The molecule has 0 atom stereocenters. The zero-order chi connectivity index (χ0) is 12.3. The lowest BCUT2D eigenvalue weighted by molar-refractivity contribution is 0.0972. The van der Waals surface area contributed by atoms with Crippen LogP contribution in [0.4, 0.5) is 10.5 Å². The first kappa shape index (κ1) is 12.6. The molecule has 0 saturated carbocycles. The number of carbonyl (C=O) groups excluding carboxylic acids is 1. The number of halogens is 1. The summed E-state index contributed by atoms with van der Waals surface area (Å²) in [6.07, 6.45) is 1.08. The highest BCUT2D eigenvalue weighted by Gasteiger charge is 2.21. The highest BCUT2D eigenvalue weighted by atomic mass is 127. The van der Waals surface area contributed by atoms with Crippen molar-refractivity contribution in [2.45, 2.75) is 18.9 Å². The average Bonchev–Trinajstić information content (AvgIpc) is 2.29. The third-order valence-electron chi connectivity index (χ3n) is 2.83. The van der Waals surface area contributed by atoms with Gasteiger partial charge in [0.15, 0.2) is 0 Å². The minimum absolute atomic E-state index is 0.0844. The van der Waals surface area contributed by atoms with Crippen LogP contribution in [0.15, 0.2) is 24.3 Å². The van der Waals surface area contributed by atoms with Crippen LogP contribution in [0.5, 0.6) is 0 Å². The summed E-state index contributed by atoms with van der Waals surface area (Å²) in [6, 6.07) is 7.61. The van der Waals surface area contributed by atoms with E-state index in [0.29, 0.717) is 25.9 Å². The largest absolute Gasteiger partial charge is 0.393 e. The second-order valence-electron chi connectivity index (χ2n) is 4.16. The van der Waals surface area contributed by atoms with Gasteiger partial charge in [0.05, 0.1) is 6.10 Å². The van der Waals surface area contributed by atoms with Gasteiger partial charge in [-0.3, -0.25) is 0 Å². The van der Waals surface area contributed by atoms with Crippen LogP contribution < -0.4 is 5.32 Å². The first-order chi connectivity index (χ1) is 8.15. The molecule has 0 aromatic heterocycles. The van der Waals surface area contributed by atoms with Gasteiger partial charge in [-0.1, -0.05) is 6.07 Å². The lowest BCUT2D eigenvalue weighted by Crippen LogP contribution is -2.42. The standard InChI is InChI=1S/C12H15IN2O2/c13-9-2-1-3-10(8-9)14-12(17)15-6-4-11(16)5-7-15/h1-3,8,11,16H,4-7H2,(H,14,17). The lowest BCUT2D eigenvalue weighted by Gasteiger charge is -2.29. The van der Waals surface area contributed by atoms with Crippen LogP contribution in [0.1, 0.15) is 12.8 Å². The molecule has 2 amide bonds. The summed E-state index contributed by atoms with van der Waals surface area (Å²) < 4.78 is 1.09. The van der Waals surface area contributed by atoms with Crippen LogP contribution in [0.2, 0.25) is 0 Å². The smallest absolute Gasteiger partial charge is 0.321 e. The van der Waals surface area contributed by atoms with E-state index >= 15 is 0 Å². The van der Waals surface area contributed by atoms with Crippen molar-refractivity contribution in [2.75, 3.05) is 18.4 Å². The number of hydrogen-bond acceptors (Lipinski definition) is 2. The molecule has 2 rings (SSSR count). The van der Waals surface area contributed by atoms with Crippen molar-refractivity contribution in [2.24, 2.45) is 0 Å². The van der Waals surface area contributed by atoms with Gasteiger partial charge >= 0.3 is 6.03 Å². The lowest BCUT2D eigenvalue weighted by atomic mass is 10.1. The van der Waals surface area contributed by atoms with E-state index < -0.39 is 0 Å². The van der Waals surface area contributed by atoms with E-state index in [1.807, 2.05) is 24.3 Å². The Morgan fingerprint density at radius 3 is 2.76 bits per heavy atom. The summed E-state index contributed by atoms with van der Waals surface area (Å²) in [5.74, 6) is 0. The number of anilines is 1. The molecule has 1 aromatic rings.